The van der Waals surface area contributed by atoms with Gasteiger partial charge in [0, 0.05) is 0 Å². The SMILES string of the molecule is N#CCS(=O)(=O)NC(CC(N)=O)C(=O)O. The van der Waals surface area contributed by atoms with Gasteiger partial charge in [0.2, 0.25) is 15.9 Å². The molecule has 0 spiro atoms. The second-order valence-electron chi connectivity index (χ2n) is 2.60. The number of sulfonamides is 1. The van der Waals surface area contributed by atoms with Gasteiger partial charge in [0.05, 0.1) is 12.5 Å². The molecule has 4 N–H and O–H groups in total. The molecule has 0 fully saturated rings. The maximum Gasteiger partial charge on any atom is 0.322 e. The standard InChI is InChI=1S/C6H9N3O5S/c7-1-2-15(13,14)9-4(6(11)12)3-5(8)10/h4,9H,2-3H2,(H2,8,10)(H,11,12). The van der Waals surface area contributed by atoms with Crippen molar-refractivity contribution in [1.82, 2.24) is 4.72 Å². The average molecular weight is 235 g/mol. The van der Waals surface area contributed by atoms with E-state index in [2.05, 4.69) is 0 Å². The van der Waals surface area contributed by atoms with Gasteiger partial charge in [-0.25, -0.2) is 8.42 Å². The molecule has 1 atom stereocenters. The first-order valence-corrected chi connectivity index (χ1v) is 5.32. The molecule has 9 heteroatoms. The van der Waals surface area contributed by atoms with Crippen LogP contribution in [0.25, 0.3) is 0 Å². The molecule has 0 aromatic heterocycles. The van der Waals surface area contributed by atoms with Crippen LogP contribution in [0.15, 0.2) is 0 Å². The van der Waals surface area contributed by atoms with Crippen LogP contribution < -0.4 is 10.5 Å². The number of nitriles is 1. The molecule has 0 aliphatic rings. The van der Waals surface area contributed by atoms with Crippen molar-refractivity contribution in [2.45, 2.75) is 12.5 Å². The first-order valence-electron chi connectivity index (χ1n) is 3.66. The lowest BCUT2D eigenvalue weighted by Gasteiger charge is -2.10. The van der Waals surface area contributed by atoms with Crippen molar-refractivity contribution in [3.63, 3.8) is 0 Å². The fourth-order valence-electron chi connectivity index (χ4n) is 0.724. The summed E-state index contributed by atoms with van der Waals surface area (Å²) in [5.41, 5.74) is 4.72. The molecule has 84 valence electrons. The topological polar surface area (TPSA) is 150 Å². The largest absolute Gasteiger partial charge is 0.480 e. The highest BCUT2D eigenvalue weighted by Gasteiger charge is 2.25. The molecule has 0 saturated carbocycles. The van der Waals surface area contributed by atoms with Crippen molar-refractivity contribution in [3.05, 3.63) is 0 Å². The van der Waals surface area contributed by atoms with Gasteiger partial charge in [0.1, 0.15) is 6.04 Å². The van der Waals surface area contributed by atoms with E-state index in [1.54, 1.807) is 4.72 Å². The summed E-state index contributed by atoms with van der Waals surface area (Å²) in [5.74, 6) is -3.37. The highest BCUT2D eigenvalue weighted by atomic mass is 32.2. The average Bonchev–Trinajstić information content (AvgIpc) is 2.00. The van der Waals surface area contributed by atoms with Crippen LogP contribution in [0.5, 0.6) is 0 Å². The number of carbonyl (C=O) groups excluding carboxylic acids is 1. The predicted octanol–water partition coefficient (Wildman–Crippen LogP) is -2.24. The van der Waals surface area contributed by atoms with Gasteiger partial charge in [-0.05, 0) is 0 Å². The van der Waals surface area contributed by atoms with E-state index in [-0.39, 0.29) is 0 Å². The number of rotatable bonds is 6. The molecule has 0 rings (SSSR count). The van der Waals surface area contributed by atoms with Crippen LogP contribution in [-0.4, -0.2) is 37.2 Å². The van der Waals surface area contributed by atoms with Gasteiger partial charge in [0.25, 0.3) is 0 Å². The van der Waals surface area contributed by atoms with Gasteiger partial charge in [-0.3, -0.25) is 9.59 Å². The minimum atomic E-state index is -4.02. The van der Waals surface area contributed by atoms with Gasteiger partial charge in [0.15, 0.2) is 5.75 Å². The molecule has 0 aliphatic carbocycles. The Labute approximate surface area is 85.7 Å². The lowest BCUT2D eigenvalue weighted by Crippen LogP contribution is -2.43. The van der Waals surface area contributed by atoms with E-state index in [1.807, 2.05) is 0 Å². The molecule has 0 heterocycles. The summed E-state index contributed by atoms with van der Waals surface area (Å²) in [6, 6.07) is -0.292. The van der Waals surface area contributed by atoms with Crippen molar-refractivity contribution in [3.8, 4) is 6.07 Å². The number of nitrogens with zero attached hydrogens (tertiary/aromatic N) is 1. The van der Waals surface area contributed by atoms with Gasteiger partial charge in [-0.15, -0.1) is 0 Å². The van der Waals surface area contributed by atoms with E-state index >= 15 is 0 Å². The van der Waals surface area contributed by atoms with Crippen molar-refractivity contribution in [1.29, 1.82) is 5.26 Å². The van der Waals surface area contributed by atoms with Crippen molar-refractivity contribution >= 4 is 21.9 Å². The quantitative estimate of drug-likeness (QED) is 0.473. The number of carboxylic acid groups (broad SMARTS) is 1. The zero-order valence-electron chi connectivity index (χ0n) is 7.50. The molecule has 15 heavy (non-hydrogen) atoms. The molecular formula is C6H9N3O5S. The van der Waals surface area contributed by atoms with E-state index in [4.69, 9.17) is 16.1 Å². The Morgan fingerprint density at radius 1 is 1.53 bits per heavy atom. The fraction of sp³-hybridized carbons (Fsp3) is 0.500. The first kappa shape index (κ1) is 13.3. The minimum absolute atomic E-state index is 0.667. The molecule has 0 aliphatic heterocycles. The maximum absolute atomic E-state index is 11.0. The van der Waals surface area contributed by atoms with Crippen LogP contribution in [0, 0.1) is 11.3 Å². The smallest absolute Gasteiger partial charge is 0.322 e. The lowest BCUT2D eigenvalue weighted by atomic mass is 10.2. The first-order chi connectivity index (χ1) is 6.78. The van der Waals surface area contributed by atoms with E-state index in [9.17, 15) is 18.0 Å². The number of carboxylic acids is 1. The number of amides is 1. The van der Waals surface area contributed by atoms with Crippen LogP contribution in [0.4, 0.5) is 0 Å². The van der Waals surface area contributed by atoms with E-state index in [1.165, 1.54) is 6.07 Å². The third kappa shape index (κ3) is 5.61. The Morgan fingerprint density at radius 3 is 2.40 bits per heavy atom. The summed E-state index contributed by atoms with van der Waals surface area (Å²) < 4.78 is 23.6. The van der Waals surface area contributed by atoms with Gasteiger partial charge >= 0.3 is 5.97 Å². The van der Waals surface area contributed by atoms with Crippen molar-refractivity contribution < 1.29 is 23.1 Å². The highest BCUT2D eigenvalue weighted by molar-refractivity contribution is 7.89. The van der Waals surface area contributed by atoms with E-state index < -0.39 is 40.1 Å². The zero-order valence-corrected chi connectivity index (χ0v) is 8.32. The number of carbonyl (C=O) groups is 2. The maximum atomic E-state index is 11.0. The number of hydrogen-bond acceptors (Lipinski definition) is 5. The zero-order chi connectivity index (χ0) is 12.1. The summed E-state index contributed by atoms with van der Waals surface area (Å²) in [4.78, 5) is 20.9. The monoisotopic (exact) mass is 235 g/mol. The van der Waals surface area contributed by atoms with Gasteiger partial charge in [-0.1, -0.05) is 0 Å². The summed E-state index contributed by atoms with van der Waals surface area (Å²) in [6.45, 7) is 0. The second kappa shape index (κ2) is 5.28. The molecule has 1 amide bonds. The van der Waals surface area contributed by atoms with Crippen LogP contribution in [-0.2, 0) is 19.6 Å². The number of primary amides is 1. The lowest BCUT2D eigenvalue weighted by molar-refractivity contribution is -0.140. The predicted molar refractivity (Wildman–Crippen MR) is 47.8 cm³/mol. The molecule has 0 aromatic rings. The van der Waals surface area contributed by atoms with Crippen LogP contribution in [0.2, 0.25) is 0 Å². The molecular weight excluding hydrogens is 226 g/mol. The Morgan fingerprint density at radius 2 is 2.07 bits per heavy atom. The van der Waals surface area contributed by atoms with Crippen LogP contribution in [0.1, 0.15) is 6.42 Å². The summed E-state index contributed by atoms with van der Waals surface area (Å²) >= 11 is 0. The number of nitrogens with one attached hydrogen (secondary N) is 1. The van der Waals surface area contributed by atoms with Crippen LogP contribution in [0.3, 0.4) is 0 Å². The Bertz CT molecular complexity index is 395. The Hall–Kier alpha value is -1.66. The van der Waals surface area contributed by atoms with Crippen LogP contribution >= 0.6 is 0 Å². The number of aliphatic carboxylic acids is 1. The second-order valence-corrected chi connectivity index (χ2v) is 4.35. The molecule has 0 saturated heterocycles. The number of hydrogen-bond donors (Lipinski definition) is 3. The molecule has 8 nitrogen and oxygen atoms in total. The highest BCUT2D eigenvalue weighted by Crippen LogP contribution is 1.95. The Balaban J connectivity index is 4.64. The van der Waals surface area contributed by atoms with Gasteiger partial charge < -0.3 is 10.8 Å². The van der Waals surface area contributed by atoms with E-state index in [0.717, 1.165) is 0 Å². The normalized spacial score (nSPS) is 12.7. The molecule has 1 unspecified atom stereocenters. The van der Waals surface area contributed by atoms with Gasteiger partial charge in [-0.2, -0.15) is 9.98 Å². The summed E-state index contributed by atoms with van der Waals surface area (Å²) in [6.07, 6.45) is -0.667. The third-order valence-corrected chi connectivity index (χ3v) is 2.43. The summed E-state index contributed by atoms with van der Waals surface area (Å²) in [5, 5.41) is 16.7. The van der Waals surface area contributed by atoms with Crippen molar-refractivity contribution in [2.75, 3.05) is 5.75 Å². The Kier molecular flexibility index (Phi) is 4.69. The molecule has 0 bridgehead atoms. The number of nitrogens with two attached hydrogens (primary N) is 1. The third-order valence-electron chi connectivity index (χ3n) is 1.28. The fourth-order valence-corrected chi connectivity index (χ4v) is 1.59. The molecule has 0 aromatic carbocycles. The van der Waals surface area contributed by atoms with E-state index in [0.29, 0.717) is 0 Å². The van der Waals surface area contributed by atoms with Crippen molar-refractivity contribution in [2.24, 2.45) is 5.73 Å². The summed E-state index contributed by atoms with van der Waals surface area (Å²) in [7, 11) is -4.02. The molecule has 0 radical (unpaired) electrons. The minimum Gasteiger partial charge on any atom is -0.480 e.